The molecule has 0 saturated heterocycles. The van der Waals surface area contributed by atoms with E-state index in [9.17, 15) is 5.11 Å². The molecule has 2 aromatic rings. The van der Waals surface area contributed by atoms with Crippen LogP contribution in [-0.4, -0.2) is 17.8 Å². The minimum absolute atomic E-state index is 0.236. The predicted molar refractivity (Wildman–Crippen MR) is 81.2 cm³/mol. The van der Waals surface area contributed by atoms with Crippen LogP contribution in [-0.2, 0) is 0 Å². The number of hydrogen-bond donors (Lipinski definition) is 2. The molecular weight excluding hydrogens is 234 g/mol. The Hall–Kier alpha value is -1.38. The van der Waals surface area contributed by atoms with Gasteiger partial charge >= 0.3 is 0 Å². The van der Waals surface area contributed by atoms with Crippen molar-refractivity contribution in [1.82, 2.24) is 5.32 Å². The Kier molecular flexibility index (Phi) is 4.56. The SMILES string of the molecule is CC(NCC(O)C(C)C)c1cccc2ccccc12. The van der Waals surface area contributed by atoms with Crippen LogP contribution in [0.1, 0.15) is 32.4 Å². The molecule has 0 aliphatic carbocycles. The lowest BCUT2D eigenvalue weighted by Gasteiger charge is -2.20. The summed E-state index contributed by atoms with van der Waals surface area (Å²) in [4.78, 5) is 0. The van der Waals surface area contributed by atoms with Crippen molar-refractivity contribution < 1.29 is 5.11 Å². The summed E-state index contributed by atoms with van der Waals surface area (Å²) >= 11 is 0. The molecule has 0 fully saturated rings. The maximum absolute atomic E-state index is 9.87. The summed E-state index contributed by atoms with van der Waals surface area (Å²) in [6.45, 7) is 6.85. The standard InChI is InChI=1S/C17H23NO/c1-12(2)17(19)11-18-13(3)15-10-6-8-14-7-4-5-9-16(14)15/h4-10,12-13,17-19H,11H2,1-3H3. The molecule has 19 heavy (non-hydrogen) atoms. The van der Waals surface area contributed by atoms with Gasteiger partial charge in [0.2, 0.25) is 0 Å². The maximum Gasteiger partial charge on any atom is 0.0687 e. The topological polar surface area (TPSA) is 32.3 Å². The first kappa shape index (κ1) is 14.0. The van der Waals surface area contributed by atoms with Crippen molar-refractivity contribution in [1.29, 1.82) is 0 Å². The minimum atomic E-state index is -0.294. The smallest absolute Gasteiger partial charge is 0.0687 e. The summed E-state index contributed by atoms with van der Waals surface area (Å²) in [7, 11) is 0. The molecule has 0 saturated carbocycles. The molecular formula is C17H23NO. The largest absolute Gasteiger partial charge is 0.392 e. The zero-order valence-corrected chi connectivity index (χ0v) is 11.9. The van der Waals surface area contributed by atoms with Crippen LogP contribution in [0.3, 0.4) is 0 Å². The summed E-state index contributed by atoms with van der Waals surface area (Å²) in [5.41, 5.74) is 1.29. The molecule has 0 bridgehead atoms. The molecule has 2 heteroatoms. The maximum atomic E-state index is 9.87. The lowest BCUT2D eigenvalue weighted by Crippen LogP contribution is -2.32. The zero-order valence-electron chi connectivity index (χ0n) is 11.9. The fourth-order valence-corrected chi connectivity index (χ4v) is 2.27. The first-order valence-electron chi connectivity index (χ1n) is 6.98. The van der Waals surface area contributed by atoms with E-state index in [0.717, 1.165) is 0 Å². The van der Waals surface area contributed by atoms with Crippen LogP contribution in [0.2, 0.25) is 0 Å². The predicted octanol–water partition coefficient (Wildman–Crippen LogP) is 3.51. The molecule has 102 valence electrons. The van der Waals surface area contributed by atoms with Gasteiger partial charge < -0.3 is 10.4 Å². The Morgan fingerprint density at radius 1 is 1.00 bits per heavy atom. The monoisotopic (exact) mass is 257 g/mol. The summed E-state index contributed by atoms with van der Waals surface area (Å²) in [5.74, 6) is 0.284. The Labute approximate surface area is 115 Å². The van der Waals surface area contributed by atoms with Gasteiger partial charge in [0, 0.05) is 12.6 Å². The molecule has 2 unspecified atom stereocenters. The summed E-state index contributed by atoms with van der Waals surface area (Å²) in [6.07, 6.45) is -0.294. The van der Waals surface area contributed by atoms with Crippen LogP contribution in [0.4, 0.5) is 0 Å². The lowest BCUT2D eigenvalue weighted by molar-refractivity contribution is 0.121. The highest BCUT2D eigenvalue weighted by Gasteiger charge is 2.13. The van der Waals surface area contributed by atoms with Crippen molar-refractivity contribution in [3.05, 3.63) is 48.0 Å². The Morgan fingerprint density at radius 2 is 1.68 bits per heavy atom. The van der Waals surface area contributed by atoms with Crippen LogP contribution in [0.25, 0.3) is 10.8 Å². The van der Waals surface area contributed by atoms with Crippen LogP contribution in [0.15, 0.2) is 42.5 Å². The van der Waals surface area contributed by atoms with Crippen molar-refractivity contribution in [3.8, 4) is 0 Å². The molecule has 2 atom stereocenters. The van der Waals surface area contributed by atoms with Crippen molar-refractivity contribution in [2.75, 3.05) is 6.54 Å². The van der Waals surface area contributed by atoms with Crippen LogP contribution < -0.4 is 5.32 Å². The highest BCUT2D eigenvalue weighted by atomic mass is 16.3. The molecule has 0 aliphatic heterocycles. The molecule has 2 nitrogen and oxygen atoms in total. The number of fused-ring (bicyclic) bond motifs is 1. The number of rotatable bonds is 5. The molecule has 0 radical (unpaired) electrons. The third-order valence-corrected chi connectivity index (χ3v) is 3.69. The van der Waals surface area contributed by atoms with E-state index in [1.54, 1.807) is 0 Å². The van der Waals surface area contributed by atoms with E-state index in [0.29, 0.717) is 6.54 Å². The normalized spacial score (nSPS) is 14.8. The van der Waals surface area contributed by atoms with E-state index >= 15 is 0 Å². The molecule has 2 rings (SSSR count). The van der Waals surface area contributed by atoms with Crippen molar-refractivity contribution in [2.45, 2.75) is 32.9 Å². The second kappa shape index (κ2) is 6.18. The van der Waals surface area contributed by atoms with Crippen molar-refractivity contribution in [3.63, 3.8) is 0 Å². The average Bonchev–Trinajstić information content (AvgIpc) is 2.43. The second-order valence-corrected chi connectivity index (χ2v) is 5.51. The van der Waals surface area contributed by atoms with Crippen LogP contribution in [0.5, 0.6) is 0 Å². The zero-order chi connectivity index (χ0) is 13.8. The molecule has 0 aromatic heterocycles. The van der Waals surface area contributed by atoms with Gasteiger partial charge in [0.15, 0.2) is 0 Å². The van der Waals surface area contributed by atoms with E-state index in [1.165, 1.54) is 16.3 Å². The Balaban J connectivity index is 2.15. The highest BCUT2D eigenvalue weighted by Crippen LogP contribution is 2.24. The molecule has 2 aromatic carbocycles. The summed E-state index contributed by atoms with van der Waals surface area (Å²) < 4.78 is 0. The summed E-state index contributed by atoms with van der Waals surface area (Å²) in [5, 5.41) is 15.8. The fourth-order valence-electron chi connectivity index (χ4n) is 2.27. The van der Waals surface area contributed by atoms with Gasteiger partial charge in [-0.05, 0) is 29.2 Å². The Morgan fingerprint density at radius 3 is 2.42 bits per heavy atom. The number of hydrogen-bond acceptors (Lipinski definition) is 2. The van der Waals surface area contributed by atoms with Gasteiger partial charge in [0.05, 0.1) is 6.10 Å². The van der Waals surface area contributed by atoms with E-state index in [1.807, 2.05) is 13.8 Å². The molecule has 0 aliphatic rings. The lowest BCUT2D eigenvalue weighted by atomic mass is 9.99. The molecule has 0 heterocycles. The van der Waals surface area contributed by atoms with Gasteiger partial charge in [-0.25, -0.2) is 0 Å². The quantitative estimate of drug-likeness (QED) is 0.859. The second-order valence-electron chi connectivity index (χ2n) is 5.51. The van der Waals surface area contributed by atoms with Gasteiger partial charge in [-0.2, -0.15) is 0 Å². The van der Waals surface area contributed by atoms with Gasteiger partial charge in [-0.1, -0.05) is 56.3 Å². The average molecular weight is 257 g/mol. The van der Waals surface area contributed by atoms with E-state index in [2.05, 4.69) is 54.7 Å². The third-order valence-electron chi connectivity index (χ3n) is 3.69. The Bertz CT molecular complexity index is 530. The summed E-state index contributed by atoms with van der Waals surface area (Å²) in [6, 6.07) is 15.0. The highest BCUT2D eigenvalue weighted by molar-refractivity contribution is 5.86. The molecule has 2 N–H and O–H groups in total. The van der Waals surface area contributed by atoms with E-state index in [4.69, 9.17) is 0 Å². The fraction of sp³-hybridized carbons (Fsp3) is 0.412. The van der Waals surface area contributed by atoms with Gasteiger partial charge in [-0.3, -0.25) is 0 Å². The molecule has 0 spiro atoms. The number of aliphatic hydroxyl groups is 1. The first-order valence-corrected chi connectivity index (χ1v) is 6.98. The molecule has 0 amide bonds. The van der Waals surface area contributed by atoms with Gasteiger partial charge in [0.25, 0.3) is 0 Å². The van der Waals surface area contributed by atoms with E-state index in [-0.39, 0.29) is 18.1 Å². The third kappa shape index (κ3) is 3.34. The van der Waals surface area contributed by atoms with Gasteiger partial charge in [0.1, 0.15) is 0 Å². The van der Waals surface area contributed by atoms with Crippen LogP contribution in [0, 0.1) is 5.92 Å². The van der Waals surface area contributed by atoms with Crippen molar-refractivity contribution >= 4 is 10.8 Å². The number of nitrogens with one attached hydrogen (secondary N) is 1. The minimum Gasteiger partial charge on any atom is -0.392 e. The number of aliphatic hydroxyl groups excluding tert-OH is 1. The van der Waals surface area contributed by atoms with Gasteiger partial charge in [-0.15, -0.1) is 0 Å². The van der Waals surface area contributed by atoms with Crippen LogP contribution >= 0.6 is 0 Å². The van der Waals surface area contributed by atoms with E-state index < -0.39 is 0 Å². The van der Waals surface area contributed by atoms with Crippen molar-refractivity contribution in [2.24, 2.45) is 5.92 Å². The number of benzene rings is 2. The first-order chi connectivity index (χ1) is 9.09.